The van der Waals surface area contributed by atoms with Gasteiger partial charge < -0.3 is 14.4 Å². The van der Waals surface area contributed by atoms with Crippen molar-refractivity contribution in [3.05, 3.63) is 55.4 Å². The number of aliphatic hydroxyl groups is 1. The number of rotatable bonds is 8. The van der Waals surface area contributed by atoms with E-state index in [1.54, 1.807) is 0 Å². The lowest BCUT2D eigenvalue weighted by Crippen LogP contribution is -2.30. The van der Waals surface area contributed by atoms with Crippen LogP contribution in [0.25, 0.3) is 11.2 Å². The predicted octanol–water partition coefficient (Wildman–Crippen LogP) is 1.45. The highest BCUT2D eigenvalue weighted by molar-refractivity contribution is 6.33. The molecule has 1 atom stereocenters. The first-order chi connectivity index (χ1) is 14.7. The second-order valence-electron chi connectivity index (χ2n) is 7.08. The van der Waals surface area contributed by atoms with Gasteiger partial charge in [0.25, 0.3) is 5.56 Å². The maximum Gasteiger partial charge on any atom is 0.329 e. The van der Waals surface area contributed by atoms with Gasteiger partial charge in [-0.2, -0.15) is 10.1 Å². The smallest absolute Gasteiger partial charge is 0.329 e. The van der Waals surface area contributed by atoms with E-state index < -0.39 is 23.2 Å². The second kappa shape index (κ2) is 9.41. The van der Waals surface area contributed by atoms with Gasteiger partial charge in [0.1, 0.15) is 5.82 Å². The number of H-pyrrole nitrogens is 1. The molecule has 0 unspecified atom stereocenters. The van der Waals surface area contributed by atoms with Crippen LogP contribution in [0.15, 0.2) is 32.9 Å². The molecule has 2 aromatic heterocycles. The minimum atomic E-state index is -0.970. The van der Waals surface area contributed by atoms with Crippen LogP contribution in [-0.4, -0.2) is 49.2 Å². The summed E-state index contributed by atoms with van der Waals surface area (Å²) in [5.74, 6) is -0.499. The molecule has 12 heteroatoms. The zero-order chi connectivity index (χ0) is 22.7. The molecule has 166 valence electrons. The maximum absolute atomic E-state index is 13.9. The van der Waals surface area contributed by atoms with E-state index in [4.69, 9.17) is 16.3 Å². The van der Waals surface area contributed by atoms with Crippen molar-refractivity contribution in [3.63, 3.8) is 0 Å². The van der Waals surface area contributed by atoms with Gasteiger partial charge in [0, 0.05) is 12.6 Å². The molecule has 10 nitrogen and oxygen atoms in total. The van der Waals surface area contributed by atoms with Crippen molar-refractivity contribution in [1.29, 1.82) is 0 Å². The number of halogens is 2. The molecular formula is C19H22ClFN6O4. The lowest BCUT2D eigenvalue weighted by atomic mass is 10.2. The predicted molar refractivity (Wildman–Crippen MR) is 115 cm³/mol. The Bertz CT molecular complexity index is 1210. The number of ether oxygens (including phenoxy) is 1. The minimum absolute atomic E-state index is 0.0224. The van der Waals surface area contributed by atoms with Crippen LogP contribution in [0.1, 0.15) is 19.4 Å². The molecule has 2 heterocycles. The summed E-state index contributed by atoms with van der Waals surface area (Å²) in [5.41, 5.74) is 1.53. The van der Waals surface area contributed by atoms with Crippen LogP contribution in [-0.2, 0) is 18.3 Å². The molecule has 0 aliphatic carbocycles. The molecule has 0 saturated carbocycles. The molecule has 0 saturated heterocycles. The summed E-state index contributed by atoms with van der Waals surface area (Å²) in [6.07, 6.45) is 0.108. The Balaban J connectivity index is 2.00. The van der Waals surface area contributed by atoms with Gasteiger partial charge in [0.15, 0.2) is 11.2 Å². The van der Waals surface area contributed by atoms with Crippen LogP contribution in [0.4, 0.5) is 10.3 Å². The molecule has 0 spiro atoms. The molecule has 0 amide bonds. The zero-order valence-electron chi connectivity index (χ0n) is 17.1. The number of aliphatic hydroxyl groups excluding tert-OH is 1. The second-order valence-corrected chi connectivity index (χ2v) is 7.48. The fraction of sp³-hybridized carbons (Fsp3) is 0.368. The van der Waals surface area contributed by atoms with E-state index in [9.17, 15) is 19.1 Å². The molecule has 0 aliphatic rings. The summed E-state index contributed by atoms with van der Waals surface area (Å²) in [5, 5.41) is 14.5. The Morgan fingerprint density at radius 2 is 2.16 bits per heavy atom. The van der Waals surface area contributed by atoms with Gasteiger partial charge in [-0.3, -0.25) is 14.3 Å². The van der Waals surface area contributed by atoms with Gasteiger partial charge in [-0.15, -0.1) is 0 Å². The quantitative estimate of drug-likeness (QED) is 0.351. The Morgan fingerprint density at radius 1 is 1.42 bits per heavy atom. The lowest BCUT2D eigenvalue weighted by molar-refractivity contribution is -0.000105. The highest BCUT2D eigenvalue weighted by Crippen LogP contribution is 2.18. The molecule has 3 aromatic rings. The fourth-order valence-corrected chi connectivity index (χ4v) is 3.07. The Kier molecular flexibility index (Phi) is 6.88. The van der Waals surface area contributed by atoms with Gasteiger partial charge >= 0.3 is 5.69 Å². The van der Waals surface area contributed by atoms with E-state index in [2.05, 4.69) is 20.5 Å². The first kappa shape index (κ1) is 22.7. The minimum Gasteiger partial charge on any atom is -0.389 e. The number of anilines is 1. The van der Waals surface area contributed by atoms with Crippen molar-refractivity contribution in [2.45, 2.75) is 32.6 Å². The van der Waals surface area contributed by atoms with E-state index in [0.717, 1.165) is 4.57 Å². The number of imidazole rings is 1. The third kappa shape index (κ3) is 5.01. The number of hydrogen-bond donors (Lipinski definition) is 3. The monoisotopic (exact) mass is 452 g/mol. The molecule has 0 aliphatic heterocycles. The molecule has 3 rings (SSSR count). The third-order valence-corrected chi connectivity index (χ3v) is 4.71. The van der Waals surface area contributed by atoms with Crippen LogP contribution in [0.2, 0.25) is 5.02 Å². The van der Waals surface area contributed by atoms with Crippen molar-refractivity contribution in [2.75, 3.05) is 12.0 Å². The summed E-state index contributed by atoms with van der Waals surface area (Å²) in [7, 11) is 1.45. The first-order valence-corrected chi connectivity index (χ1v) is 9.79. The summed E-state index contributed by atoms with van der Waals surface area (Å²) in [6.45, 7) is 3.61. The fourth-order valence-electron chi connectivity index (χ4n) is 2.85. The number of benzene rings is 1. The highest BCUT2D eigenvalue weighted by Gasteiger charge is 2.20. The number of aromatic nitrogens is 4. The summed E-state index contributed by atoms with van der Waals surface area (Å²) in [4.78, 5) is 30.8. The first-order valence-electron chi connectivity index (χ1n) is 9.41. The molecular weight excluding hydrogens is 431 g/mol. The number of aryl methyl sites for hydroxylation is 1. The van der Waals surface area contributed by atoms with Gasteiger partial charge in [0.2, 0.25) is 5.95 Å². The summed E-state index contributed by atoms with van der Waals surface area (Å²) >= 11 is 5.98. The molecule has 0 bridgehead atoms. The summed E-state index contributed by atoms with van der Waals surface area (Å²) < 4.78 is 21.9. The zero-order valence-corrected chi connectivity index (χ0v) is 17.9. The van der Waals surface area contributed by atoms with Crippen LogP contribution in [0, 0.1) is 5.82 Å². The molecule has 31 heavy (non-hydrogen) atoms. The number of hydrazone groups is 1. The molecule has 3 N–H and O–H groups in total. The average Bonchev–Trinajstić information content (AvgIpc) is 3.05. The maximum atomic E-state index is 13.9. The van der Waals surface area contributed by atoms with Crippen molar-refractivity contribution in [1.82, 2.24) is 19.1 Å². The van der Waals surface area contributed by atoms with Crippen LogP contribution in [0.5, 0.6) is 0 Å². The number of hydrogen-bond acceptors (Lipinski definition) is 7. The molecule has 1 aromatic carbocycles. The van der Waals surface area contributed by atoms with Crippen molar-refractivity contribution < 1.29 is 14.2 Å². The van der Waals surface area contributed by atoms with E-state index in [-0.39, 0.29) is 47.0 Å². The van der Waals surface area contributed by atoms with Crippen molar-refractivity contribution >= 4 is 34.9 Å². The van der Waals surface area contributed by atoms with Gasteiger partial charge in [-0.05, 0) is 26.0 Å². The largest absolute Gasteiger partial charge is 0.389 e. The summed E-state index contributed by atoms with van der Waals surface area (Å²) in [6, 6.07) is 4.22. The topological polar surface area (TPSA) is 127 Å². The molecule has 0 radical (unpaired) electrons. The molecule has 0 fully saturated rings. The van der Waals surface area contributed by atoms with E-state index >= 15 is 0 Å². The SMILES string of the molecule is CC(C)OC[C@@H](O)Cn1c(N/N=C\c2c(F)cccc2Cl)nc2c1c(=O)[nH]c(=O)n2C. The normalized spacial score (nSPS) is 12.9. The van der Waals surface area contributed by atoms with Crippen molar-refractivity contribution in [3.8, 4) is 0 Å². The number of nitrogens with one attached hydrogen (secondary N) is 2. The third-order valence-electron chi connectivity index (χ3n) is 4.38. The Morgan fingerprint density at radius 3 is 2.84 bits per heavy atom. The van der Waals surface area contributed by atoms with Gasteiger partial charge in [-0.1, -0.05) is 17.7 Å². The van der Waals surface area contributed by atoms with Gasteiger partial charge in [0.05, 0.1) is 36.6 Å². The van der Waals surface area contributed by atoms with E-state index in [1.165, 1.54) is 36.0 Å². The Labute approximate surface area is 180 Å². The standard InChI is InChI=1S/C19H22ClFN6O4/c1-10(2)31-9-11(28)8-27-15-16(26(3)19(30)24-17(15)29)23-18(27)25-22-7-12-13(20)5-4-6-14(12)21/h4-7,10-11,28H,8-9H2,1-3H3,(H,23,25)(H,24,29,30)/b22-7-/t11-/m0/s1. The lowest BCUT2D eigenvalue weighted by Gasteiger charge is -2.15. The average molecular weight is 453 g/mol. The highest BCUT2D eigenvalue weighted by atomic mass is 35.5. The van der Waals surface area contributed by atoms with Crippen LogP contribution < -0.4 is 16.7 Å². The van der Waals surface area contributed by atoms with E-state index in [1.807, 2.05) is 13.8 Å². The van der Waals surface area contributed by atoms with Crippen molar-refractivity contribution in [2.24, 2.45) is 12.1 Å². The number of fused-ring (bicyclic) bond motifs is 1. The Hall–Kier alpha value is -3.02. The number of aromatic amines is 1. The van der Waals surface area contributed by atoms with Crippen LogP contribution in [0.3, 0.4) is 0 Å². The van der Waals surface area contributed by atoms with E-state index in [0.29, 0.717) is 0 Å². The number of nitrogens with zero attached hydrogens (tertiary/aromatic N) is 4. The van der Waals surface area contributed by atoms with Crippen LogP contribution >= 0.6 is 11.6 Å². The van der Waals surface area contributed by atoms with Gasteiger partial charge in [-0.25, -0.2) is 14.6 Å².